The third-order valence-electron chi connectivity index (χ3n) is 15.3. The van der Waals surface area contributed by atoms with Gasteiger partial charge in [-0.2, -0.15) is 0 Å². The molecule has 438 valence electrons. The van der Waals surface area contributed by atoms with Crippen LogP contribution in [0.25, 0.3) is 44.4 Å². The summed E-state index contributed by atoms with van der Waals surface area (Å²) in [5.74, 6) is -7.72. The van der Waals surface area contributed by atoms with Crippen molar-refractivity contribution in [1.82, 2.24) is 30.6 Å². The van der Waals surface area contributed by atoms with Crippen molar-refractivity contribution in [1.29, 1.82) is 0 Å². The molecule has 0 saturated carbocycles. The first kappa shape index (κ1) is 67.5. The predicted molar refractivity (Wildman–Crippen MR) is 311 cm³/mol. The van der Waals surface area contributed by atoms with E-state index in [-0.39, 0.29) is 57.7 Å². The van der Waals surface area contributed by atoms with Crippen molar-refractivity contribution < 1.29 is 58.7 Å². The van der Waals surface area contributed by atoms with E-state index < -0.39 is 60.6 Å². The number of aromatic amines is 1. The number of nitrogens with zero attached hydrogens (tertiary/aromatic N) is 3. The summed E-state index contributed by atoms with van der Waals surface area (Å²) in [7, 11) is 0. The molecule has 0 radical (unpaired) electrons. The van der Waals surface area contributed by atoms with E-state index in [1.54, 1.807) is 6.07 Å². The van der Waals surface area contributed by atoms with Crippen molar-refractivity contribution in [2.45, 2.75) is 221 Å². The van der Waals surface area contributed by atoms with Crippen molar-refractivity contribution in [3.05, 3.63) is 69.3 Å². The second-order valence-electron chi connectivity index (χ2n) is 21.5. The third-order valence-corrected chi connectivity index (χ3v) is 15.3. The van der Waals surface area contributed by atoms with Crippen LogP contribution in [-0.2, 0) is 44.7 Å². The number of carboxylic acid groups (broad SMARTS) is 4. The minimum atomic E-state index is -1.81. The number of unbranched alkanes of at least 4 members (excludes halogenated alkanes) is 14. The van der Waals surface area contributed by atoms with Gasteiger partial charge in [0, 0.05) is 60.6 Å². The van der Waals surface area contributed by atoms with Crippen LogP contribution in [0, 0.1) is 13.8 Å². The van der Waals surface area contributed by atoms with Gasteiger partial charge in [-0.15, -0.1) is 11.0 Å². The quantitative estimate of drug-likeness (QED) is 0.0268. The Morgan fingerprint density at radius 1 is 0.605 bits per heavy atom. The van der Waals surface area contributed by atoms with E-state index in [2.05, 4.69) is 43.3 Å². The molecule has 3 aromatic heterocycles. The molecular weight excluding hydrogens is 1090 g/mol. The molecule has 0 saturated heterocycles. The van der Waals surface area contributed by atoms with Crippen molar-refractivity contribution >= 4 is 99.8 Å². The zero-order valence-corrected chi connectivity index (χ0v) is 51.4. The van der Waals surface area contributed by atoms with Gasteiger partial charge in [0.2, 0.25) is 11.8 Å². The smallest absolute Gasteiger partial charge is 0.657 e. The number of aliphatic carboxylic acids is 4. The number of carbonyl (C=O) groups excluding carboxylic acids is 4. The number of hydrogen-bond donors (Lipinski definition) is 5. The number of aryl methyl sites for hydroxylation is 3. The number of hydrogen-bond acceptors (Lipinski definition) is 12. The minimum absolute atomic E-state index is 0. The molecule has 0 aliphatic carbocycles. The Labute approximate surface area is 490 Å². The average molecular weight is 1180 g/mol. The fourth-order valence-corrected chi connectivity index (χ4v) is 10.6. The zero-order chi connectivity index (χ0) is 58.5. The van der Waals surface area contributed by atoms with Gasteiger partial charge in [-0.25, -0.2) is 14.8 Å². The Balaban J connectivity index is 0.0000141. The van der Waals surface area contributed by atoms with Gasteiger partial charge in [0.15, 0.2) is 0 Å². The summed E-state index contributed by atoms with van der Waals surface area (Å²) in [5, 5.41) is 46.7. The van der Waals surface area contributed by atoms with E-state index in [9.17, 15) is 49.2 Å². The standard InChI is InChI=1S/C62H88N6O12.Ga/c1-9-11-13-15-17-19-21-23-29-79-41(7)59-39(5)47-31-45-37(3)43(25-27-55(69)67-53(61(75)76)35-57(71)72)49(63-45)34-50-44(26-28-56(70)68-54(62(77)78)36-58(73)74)38(4)46(64-50)32-51-60(40(6)48(66-51)33-52(59)65-47)42(8)80-30-24-22-20-18-16-14-12-10-2;/h31-34,41-42,53-54H,9-30,35-36H2,1-8H3,(H8,63,64,65,66,67,68,69,70,71,72,73,74,75,76,77,78);/q;+3/p-3/t41?,42?,53-,54-;/m0./s1. The zero-order valence-electron chi connectivity index (χ0n) is 49.0. The average Bonchev–Trinajstić information content (AvgIpc) is 4.09. The van der Waals surface area contributed by atoms with Crippen molar-refractivity contribution in [3.63, 3.8) is 0 Å². The van der Waals surface area contributed by atoms with Gasteiger partial charge in [0.05, 0.1) is 53.4 Å². The van der Waals surface area contributed by atoms with Crippen LogP contribution in [0.3, 0.4) is 0 Å². The number of ether oxygens (including phenoxy) is 2. The summed E-state index contributed by atoms with van der Waals surface area (Å²) in [6.07, 6.45) is 15.9. The number of amides is 2. The van der Waals surface area contributed by atoms with Crippen molar-refractivity contribution in [3.8, 4) is 0 Å². The maximum Gasteiger partial charge on any atom is 3.00 e. The largest absolute Gasteiger partial charge is 3.00 e. The number of nitrogens with one attached hydrogen (secondary N) is 3. The Morgan fingerprint density at radius 3 is 1.67 bits per heavy atom. The molecule has 81 heavy (non-hydrogen) atoms. The molecule has 8 bridgehead atoms. The van der Waals surface area contributed by atoms with Gasteiger partial charge in [0.1, 0.15) is 6.04 Å². The molecule has 2 aliphatic rings. The van der Waals surface area contributed by atoms with Crippen LogP contribution in [-0.4, -0.2) is 112 Å². The Kier molecular flexibility index (Phi) is 28.2. The molecule has 2 aliphatic heterocycles. The van der Waals surface area contributed by atoms with Gasteiger partial charge in [-0.3, -0.25) is 14.4 Å². The number of H-pyrrole nitrogens is 1. The summed E-state index contributed by atoms with van der Waals surface area (Å²) < 4.78 is 13.2. The van der Waals surface area contributed by atoms with Crippen LogP contribution in [0.2, 0.25) is 0 Å². The molecule has 5 N–H and O–H groups in total. The van der Waals surface area contributed by atoms with Crippen molar-refractivity contribution in [2.75, 3.05) is 13.2 Å². The molecule has 3 aromatic rings. The summed E-state index contributed by atoms with van der Waals surface area (Å²) in [6.45, 7) is 17.5. The number of allylic oxidation sites excluding steroid dienone is 3. The molecule has 5 heterocycles. The third kappa shape index (κ3) is 20.1. The number of aromatic nitrogens is 4. The number of carbonyl (C=O) groups is 6. The maximum absolute atomic E-state index is 13.4. The molecule has 2 unspecified atom stereocenters. The second-order valence-corrected chi connectivity index (χ2v) is 21.5. The summed E-state index contributed by atoms with van der Waals surface area (Å²) in [6, 6.07) is 4.18. The Bertz CT molecular complexity index is 2900. The van der Waals surface area contributed by atoms with Gasteiger partial charge < -0.3 is 60.1 Å². The van der Waals surface area contributed by atoms with Crippen LogP contribution in [0.15, 0.2) is 24.3 Å². The van der Waals surface area contributed by atoms with Crippen LogP contribution in [0.1, 0.15) is 228 Å². The first-order chi connectivity index (χ1) is 38.2. The molecule has 18 nitrogen and oxygen atoms in total. The van der Waals surface area contributed by atoms with E-state index in [4.69, 9.17) is 24.4 Å². The monoisotopic (exact) mass is 1170 g/mol. The first-order valence-electron chi connectivity index (χ1n) is 29.0. The molecule has 5 rings (SSSR count). The molecule has 19 heteroatoms. The van der Waals surface area contributed by atoms with Crippen molar-refractivity contribution in [2.24, 2.45) is 0 Å². The van der Waals surface area contributed by atoms with Crippen LogP contribution in [0.4, 0.5) is 0 Å². The molecule has 0 aromatic carbocycles. The van der Waals surface area contributed by atoms with E-state index >= 15 is 0 Å². The Morgan fingerprint density at radius 2 is 1.11 bits per heavy atom. The van der Waals surface area contributed by atoms with Gasteiger partial charge >= 0.3 is 31.7 Å². The fourth-order valence-electron chi connectivity index (χ4n) is 10.6. The van der Waals surface area contributed by atoms with Gasteiger partial charge in [-0.05, 0) is 102 Å². The van der Waals surface area contributed by atoms with E-state index in [1.807, 2.05) is 45.9 Å². The fraction of sp³-hybridized carbons (Fsp3) is 0.581. The van der Waals surface area contributed by atoms with E-state index in [0.717, 1.165) is 71.8 Å². The van der Waals surface area contributed by atoms with E-state index in [1.165, 1.54) is 64.2 Å². The molecule has 2 amide bonds. The molecule has 4 atom stereocenters. The Hall–Kier alpha value is -6.02. The number of rotatable bonds is 36. The minimum Gasteiger partial charge on any atom is -0.657 e. The summed E-state index contributed by atoms with van der Waals surface area (Å²) in [4.78, 5) is 92.5. The summed E-state index contributed by atoms with van der Waals surface area (Å²) in [5.41, 5.74) is 11.2. The van der Waals surface area contributed by atoms with E-state index in [0.29, 0.717) is 69.3 Å². The van der Waals surface area contributed by atoms with Crippen LogP contribution in [0.5, 0.6) is 0 Å². The maximum atomic E-state index is 13.4. The van der Waals surface area contributed by atoms with Crippen LogP contribution >= 0.6 is 0 Å². The molecular formula is C62H85GaN6O12. The second kappa shape index (κ2) is 33.8. The summed E-state index contributed by atoms with van der Waals surface area (Å²) >= 11 is 0. The number of carboxylic acids is 4. The number of fused-ring (bicyclic) bond motifs is 8. The normalized spacial score (nSPS) is 13.8. The van der Waals surface area contributed by atoms with Gasteiger partial charge in [-0.1, -0.05) is 127 Å². The molecule has 0 fully saturated rings. The molecule has 0 spiro atoms. The SMILES string of the molecule is CCCCCCCCCCOC(C)C1=C(C)c2cc3[n-]c(cc4nc(cc5[nH]c(cc1n2)c(C)c5C(C)OCCCCCCCCCC)C(C)=C4CCC(=O)N[C@@H](CC(=O)[O-])C(=O)[O-])c(CCC(=O)N[C@@H](CC(=O)O)C(=O)O)c3C.[Ga+3]. The predicted octanol–water partition coefficient (Wildman–Crippen LogP) is 8.94. The van der Waals surface area contributed by atoms with Gasteiger partial charge in [0.25, 0.3) is 0 Å². The van der Waals surface area contributed by atoms with Crippen LogP contribution < -0.4 is 25.8 Å². The topological polar surface area (TPSA) is 287 Å². The first-order valence-corrected chi connectivity index (χ1v) is 29.0.